The number of imide groups is 1. The van der Waals surface area contributed by atoms with Crippen molar-refractivity contribution < 1.29 is 14.8 Å². The van der Waals surface area contributed by atoms with Gasteiger partial charge in [0.25, 0.3) is 11.8 Å². The molecular weight excluding hydrogens is 298 g/mol. The van der Waals surface area contributed by atoms with Gasteiger partial charge in [0.15, 0.2) is 0 Å². The number of carbonyl (C=O) groups is 2. The predicted octanol–water partition coefficient (Wildman–Crippen LogP) is 2.64. The fourth-order valence-electron chi connectivity index (χ4n) is 2.72. The highest BCUT2D eigenvalue weighted by Crippen LogP contribution is 2.25. The Bertz CT molecular complexity index is 627. The lowest BCUT2D eigenvalue weighted by Crippen LogP contribution is -2.42. The molecule has 0 spiro atoms. The number of fused-ring (bicyclic) bond motifs is 1. The maximum atomic E-state index is 12.2. The van der Waals surface area contributed by atoms with E-state index >= 15 is 0 Å². The Kier molecular flexibility index (Phi) is 3.76. The lowest BCUT2D eigenvalue weighted by atomic mass is 10.1. The zero-order valence-electron chi connectivity index (χ0n) is 13.6. The van der Waals surface area contributed by atoms with E-state index in [4.69, 9.17) is 0 Å². The second kappa shape index (κ2) is 4.89. The first-order chi connectivity index (χ1) is 9.42. The Labute approximate surface area is 127 Å². The summed E-state index contributed by atoms with van der Waals surface area (Å²) in [5.41, 5.74) is 1.90. The summed E-state index contributed by atoms with van der Waals surface area (Å²) in [6.07, 6.45) is 0. The minimum atomic E-state index is -1.79. The zero-order valence-corrected chi connectivity index (χ0v) is 15.6. The molecule has 0 fully saturated rings. The lowest BCUT2D eigenvalue weighted by Gasteiger charge is -2.23. The van der Waals surface area contributed by atoms with Crippen molar-refractivity contribution in [3.63, 3.8) is 0 Å². The molecule has 1 aromatic rings. The van der Waals surface area contributed by atoms with Gasteiger partial charge in [0.2, 0.25) is 0 Å². The Morgan fingerprint density at radius 2 is 1.57 bits per heavy atom. The van der Waals surface area contributed by atoms with Gasteiger partial charge in [0, 0.05) is 8.07 Å². The molecule has 1 heterocycles. The van der Waals surface area contributed by atoms with Crippen LogP contribution in [0.2, 0.25) is 39.3 Å². The molecule has 4 nitrogen and oxygen atoms in total. The highest BCUT2D eigenvalue weighted by molar-refractivity contribution is 6.89. The van der Waals surface area contributed by atoms with Gasteiger partial charge in [-0.3, -0.25) is 14.8 Å². The molecule has 1 aliphatic rings. The molecule has 0 saturated carbocycles. The first-order valence-electron chi connectivity index (χ1n) is 7.17. The first kappa shape index (κ1) is 16.1. The number of carbonyl (C=O) groups excluding carboxylic acids is 2. The van der Waals surface area contributed by atoms with Gasteiger partial charge in [-0.05, 0) is 22.9 Å². The third kappa shape index (κ3) is 3.02. The van der Waals surface area contributed by atoms with Crippen molar-refractivity contribution in [3.8, 4) is 0 Å². The third-order valence-electron chi connectivity index (χ3n) is 3.57. The molecule has 0 unspecified atom stereocenters. The van der Waals surface area contributed by atoms with Crippen molar-refractivity contribution in [2.75, 3.05) is 0 Å². The van der Waals surface area contributed by atoms with E-state index in [0.717, 1.165) is 16.8 Å². The SMILES string of the molecule is C[Si](C)(C)Cc1cc2c(c([Si](C)(C)C)c1)C(=O)N(O)C2=O. The quantitative estimate of drug-likeness (QED) is 0.529. The molecule has 1 aromatic carbocycles. The topological polar surface area (TPSA) is 57.6 Å². The summed E-state index contributed by atoms with van der Waals surface area (Å²) < 4.78 is 0. The molecule has 1 aliphatic heterocycles. The molecule has 2 amide bonds. The molecule has 6 heteroatoms. The van der Waals surface area contributed by atoms with Crippen molar-refractivity contribution in [1.82, 2.24) is 5.06 Å². The largest absolute Gasteiger partial charge is 0.285 e. The lowest BCUT2D eigenvalue weighted by molar-refractivity contribution is -0.0326. The number of hydroxylamine groups is 2. The van der Waals surface area contributed by atoms with Gasteiger partial charge in [0.05, 0.1) is 19.2 Å². The highest BCUT2D eigenvalue weighted by Gasteiger charge is 2.40. The van der Waals surface area contributed by atoms with E-state index in [1.807, 2.05) is 0 Å². The van der Waals surface area contributed by atoms with E-state index < -0.39 is 28.0 Å². The standard InChI is InChI=1S/C15H23NO3Si2/c1-20(2,3)9-10-7-11-13(12(8-10)21(4,5)6)15(18)16(19)14(11)17/h7-8,19H,9H2,1-6H3. The van der Waals surface area contributed by atoms with Gasteiger partial charge in [0.1, 0.15) is 0 Å². The molecule has 21 heavy (non-hydrogen) atoms. The fourth-order valence-corrected chi connectivity index (χ4v) is 5.76. The van der Waals surface area contributed by atoms with Gasteiger partial charge in [-0.25, -0.2) is 0 Å². The smallest absolute Gasteiger partial charge is 0.278 e. The molecular formula is C15H23NO3Si2. The number of amides is 2. The monoisotopic (exact) mass is 321 g/mol. The average molecular weight is 322 g/mol. The van der Waals surface area contributed by atoms with E-state index in [1.165, 1.54) is 0 Å². The molecule has 0 bridgehead atoms. The third-order valence-corrected chi connectivity index (χ3v) is 7.05. The normalized spacial score (nSPS) is 15.7. The Balaban J connectivity index is 2.68. The second-order valence-corrected chi connectivity index (χ2v) is 18.5. The Morgan fingerprint density at radius 3 is 2.05 bits per heavy atom. The van der Waals surface area contributed by atoms with E-state index in [2.05, 4.69) is 45.3 Å². The van der Waals surface area contributed by atoms with Crippen molar-refractivity contribution in [2.45, 2.75) is 45.3 Å². The molecule has 114 valence electrons. The van der Waals surface area contributed by atoms with Crippen LogP contribution in [0.5, 0.6) is 0 Å². The minimum absolute atomic E-state index is 0.257. The van der Waals surface area contributed by atoms with Gasteiger partial charge in [-0.2, -0.15) is 0 Å². The summed E-state index contributed by atoms with van der Waals surface area (Å²) in [6, 6.07) is 4.85. The van der Waals surface area contributed by atoms with Crippen LogP contribution in [0.1, 0.15) is 26.3 Å². The van der Waals surface area contributed by atoms with Gasteiger partial charge >= 0.3 is 0 Å². The number of hydrogen-bond acceptors (Lipinski definition) is 3. The summed E-state index contributed by atoms with van der Waals surface area (Å²) in [5, 5.41) is 10.9. The van der Waals surface area contributed by atoms with Crippen molar-refractivity contribution >= 4 is 33.1 Å². The van der Waals surface area contributed by atoms with E-state index in [1.54, 1.807) is 6.07 Å². The van der Waals surface area contributed by atoms with Crippen LogP contribution in [0.25, 0.3) is 0 Å². The Hall–Kier alpha value is -1.25. The van der Waals surface area contributed by atoms with E-state index in [0.29, 0.717) is 11.1 Å². The molecule has 1 N–H and O–H groups in total. The number of rotatable bonds is 3. The van der Waals surface area contributed by atoms with Crippen LogP contribution in [0.4, 0.5) is 0 Å². The molecule has 0 aliphatic carbocycles. The van der Waals surface area contributed by atoms with E-state index in [9.17, 15) is 14.8 Å². The van der Waals surface area contributed by atoms with Crippen LogP contribution < -0.4 is 5.19 Å². The van der Waals surface area contributed by atoms with Gasteiger partial charge in [-0.15, -0.1) is 5.06 Å². The number of hydrogen-bond donors (Lipinski definition) is 1. The summed E-state index contributed by atoms with van der Waals surface area (Å²) in [6.45, 7) is 13.3. The van der Waals surface area contributed by atoms with Crippen LogP contribution in [0.15, 0.2) is 12.1 Å². The average Bonchev–Trinajstić information content (AvgIpc) is 2.51. The maximum Gasteiger partial charge on any atom is 0.285 e. The van der Waals surface area contributed by atoms with Crippen LogP contribution in [-0.2, 0) is 6.04 Å². The molecule has 2 rings (SSSR count). The molecule has 0 aromatic heterocycles. The maximum absolute atomic E-state index is 12.2. The van der Waals surface area contributed by atoms with Crippen molar-refractivity contribution in [2.24, 2.45) is 0 Å². The van der Waals surface area contributed by atoms with Gasteiger partial charge in [-0.1, -0.05) is 45.3 Å². The fraction of sp³-hybridized carbons (Fsp3) is 0.467. The van der Waals surface area contributed by atoms with Crippen LogP contribution in [-0.4, -0.2) is 38.2 Å². The highest BCUT2D eigenvalue weighted by atomic mass is 28.3. The van der Waals surface area contributed by atoms with Gasteiger partial charge < -0.3 is 0 Å². The Morgan fingerprint density at radius 1 is 1.00 bits per heavy atom. The van der Waals surface area contributed by atoms with Crippen molar-refractivity contribution in [3.05, 3.63) is 28.8 Å². The molecule has 0 radical (unpaired) electrons. The van der Waals surface area contributed by atoms with Crippen LogP contribution in [0, 0.1) is 0 Å². The van der Waals surface area contributed by atoms with Crippen LogP contribution >= 0.6 is 0 Å². The zero-order chi connectivity index (χ0) is 16.2. The summed E-state index contributed by atoms with van der Waals surface area (Å²) in [5.74, 6) is -1.17. The predicted molar refractivity (Wildman–Crippen MR) is 88.8 cm³/mol. The van der Waals surface area contributed by atoms with E-state index in [-0.39, 0.29) is 5.06 Å². The number of nitrogens with zero attached hydrogens (tertiary/aromatic N) is 1. The summed E-state index contributed by atoms with van der Waals surface area (Å²) in [4.78, 5) is 24.2. The number of benzene rings is 1. The minimum Gasteiger partial charge on any atom is -0.278 e. The summed E-state index contributed by atoms with van der Waals surface area (Å²) in [7, 11) is -3.12. The van der Waals surface area contributed by atoms with Crippen LogP contribution in [0.3, 0.4) is 0 Å². The van der Waals surface area contributed by atoms with Crippen molar-refractivity contribution in [1.29, 1.82) is 0 Å². The first-order valence-corrected chi connectivity index (χ1v) is 14.4. The molecule has 0 atom stereocenters. The molecule has 0 saturated heterocycles. The summed E-state index contributed by atoms with van der Waals surface area (Å²) >= 11 is 0. The second-order valence-electron chi connectivity index (χ2n) is 7.98.